The van der Waals surface area contributed by atoms with E-state index in [0.29, 0.717) is 42.6 Å². The number of aliphatic hydroxyl groups excluding tert-OH is 1. The summed E-state index contributed by atoms with van der Waals surface area (Å²) in [6.45, 7) is 5.85. The van der Waals surface area contributed by atoms with Gasteiger partial charge in [0.05, 0.1) is 25.5 Å². The number of aromatic nitrogens is 3. The number of ether oxygens (including phenoxy) is 1. The molecule has 8 nitrogen and oxygen atoms in total. The van der Waals surface area contributed by atoms with Crippen LogP contribution in [-0.2, 0) is 11.3 Å². The first-order valence-electron chi connectivity index (χ1n) is 8.81. The van der Waals surface area contributed by atoms with Crippen LogP contribution in [-0.4, -0.2) is 46.4 Å². The van der Waals surface area contributed by atoms with Gasteiger partial charge < -0.3 is 25.5 Å². The van der Waals surface area contributed by atoms with Crippen molar-refractivity contribution in [2.45, 2.75) is 32.7 Å². The molecule has 140 valence electrons. The first-order chi connectivity index (χ1) is 12.6. The molecule has 26 heavy (non-hydrogen) atoms. The van der Waals surface area contributed by atoms with E-state index in [-0.39, 0.29) is 18.0 Å². The number of anilines is 2. The van der Waals surface area contributed by atoms with Gasteiger partial charge in [-0.25, -0.2) is 4.98 Å². The van der Waals surface area contributed by atoms with E-state index in [1.165, 1.54) is 0 Å². The van der Waals surface area contributed by atoms with Crippen molar-refractivity contribution in [3.8, 4) is 0 Å². The molecule has 3 heterocycles. The molecule has 0 aromatic carbocycles. The molecule has 0 aliphatic carbocycles. The Labute approximate surface area is 152 Å². The summed E-state index contributed by atoms with van der Waals surface area (Å²) in [6, 6.07) is 1.92. The predicted molar refractivity (Wildman–Crippen MR) is 99.6 cm³/mol. The molecule has 3 rings (SSSR count). The molecule has 1 saturated heterocycles. The van der Waals surface area contributed by atoms with Crippen LogP contribution >= 0.6 is 0 Å². The highest BCUT2D eigenvalue weighted by Gasteiger charge is 2.21. The maximum absolute atomic E-state index is 12.1. The quantitative estimate of drug-likeness (QED) is 0.589. The molecule has 0 bridgehead atoms. The lowest BCUT2D eigenvalue weighted by Crippen LogP contribution is -2.17. The van der Waals surface area contributed by atoms with E-state index in [0.717, 1.165) is 24.4 Å². The average Bonchev–Trinajstić information content (AvgIpc) is 3.18. The van der Waals surface area contributed by atoms with E-state index in [1.54, 1.807) is 13.1 Å². The number of nitrogens with one attached hydrogen (secondary N) is 3. The first kappa shape index (κ1) is 18.3. The van der Waals surface area contributed by atoms with Crippen LogP contribution in [0.1, 0.15) is 34.9 Å². The summed E-state index contributed by atoms with van der Waals surface area (Å²) in [7, 11) is 0. The minimum Gasteiger partial charge on any atom is -0.395 e. The molecule has 0 spiro atoms. The van der Waals surface area contributed by atoms with Crippen molar-refractivity contribution >= 4 is 11.8 Å². The van der Waals surface area contributed by atoms with Gasteiger partial charge in [-0.05, 0) is 20.3 Å². The second kappa shape index (κ2) is 8.29. The summed E-state index contributed by atoms with van der Waals surface area (Å²) < 4.78 is 5.46. The molecular weight excluding hydrogens is 334 g/mol. The number of aryl methyl sites for hydroxylation is 1. The maximum atomic E-state index is 12.1. The number of aliphatic hydroxyl groups is 1. The molecule has 0 unspecified atom stereocenters. The molecule has 2 aromatic heterocycles. The van der Waals surface area contributed by atoms with Crippen molar-refractivity contribution in [2.75, 3.05) is 37.0 Å². The number of pyridine rings is 1. The summed E-state index contributed by atoms with van der Waals surface area (Å²) in [4.78, 5) is 24.2. The smallest absolute Gasteiger partial charge is 0.224 e. The fraction of sp³-hybridized carbons (Fsp3) is 0.500. The van der Waals surface area contributed by atoms with E-state index >= 15 is 0 Å². The van der Waals surface area contributed by atoms with E-state index in [2.05, 4.69) is 25.6 Å². The summed E-state index contributed by atoms with van der Waals surface area (Å²) >= 11 is 0. The van der Waals surface area contributed by atoms with Gasteiger partial charge in [-0.1, -0.05) is 0 Å². The third-order valence-corrected chi connectivity index (χ3v) is 4.55. The standard InChI is InChI=1S/C18H25N5O3/c1-11-8-20-15(12(2)17(11)25)9-21-16-7-14(13-3-6-26-10-13)22-18(23-16)19-4-5-24/h7-8,13,24H,3-6,9-10H2,1-2H3,(H,20,25)(H2,19,21,22,23)/t13-/m0/s1. The average molecular weight is 359 g/mol. The van der Waals surface area contributed by atoms with Gasteiger partial charge in [-0.3, -0.25) is 4.79 Å². The highest BCUT2D eigenvalue weighted by Crippen LogP contribution is 2.26. The van der Waals surface area contributed by atoms with Crippen LogP contribution in [0.4, 0.5) is 11.8 Å². The van der Waals surface area contributed by atoms with E-state index in [9.17, 15) is 4.79 Å². The monoisotopic (exact) mass is 359 g/mol. The normalized spacial score (nSPS) is 16.7. The molecule has 1 fully saturated rings. The van der Waals surface area contributed by atoms with Crippen LogP contribution in [0.25, 0.3) is 0 Å². The molecule has 4 N–H and O–H groups in total. The lowest BCUT2D eigenvalue weighted by Gasteiger charge is -2.14. The van der Waals surface area contributed by atoms with Gasteiger partial charge in [0.25, 0.3) is 0 Å². The van der Waals surface area contributed by atoms with E-state index < -0.39 is 0 Å². The van der Waals surface area contributed by atoms with Gasteiger partial charge in [0, 0.05) is 48.2 Å². The van der Waals surface area contributed by atoms with Gasteiger partial charge in [-0.2, -0.15) is 4.98 Å². The Morgan fingerprint density at radius 3 is 2.92 bits per heavy atom. The Bertz CT molecular complexity index is 815. The van der Waals surface area contributed by atoms with Gasteiger partial charge in [0.1, 0.15) is 5.82 Å². The molecule has 1 aliphatic heterocycles. The number of hydrogen-bond acceptors (Lipinski definition) is 7. The third kappa shape index (κ3) is 4.20. The van der Waals surface area contributed by atoms with Crippen molar-refractivity contribution in [1.29, 1.82) is 0 Å². The fourth-order valence-electron chi connectivity index (χ4n) is 2.94. The Balaban J connectivity index is 1.80. The Morgan fingerprint density at radius 1 is 1.35 bits per heavy atom. The molecule has 1 atom stereocenters. The van der Waals surface area contributed by atoms with Crippen molar-refractivity contribution in [3.05, 3.63) is 45.0 Å². The highest BCUT2D eigenvalue weighted by atomic mass is 16.5. The second-order valence-electron chi connectivity index (χ2n) is 6.47. The number of aromatic amines is 1. The van der Waals surface area contributed by atoms with Crippen molar-refractivity contribution < 1.29 is 9.84 Å². The lowest BCUT2D eigenvalue weighted by molar-refractivity contribution is 0.193. The van der Waals surface area contributed by atoms with Crippen LogP contribution in [0.15, 0.2) is 17.1 Å². The molecule has 8 heteroatoms. The van der Waals surface area contributed by atoms with Crippen molar-refractivity contribution in [2.24, 2.45) is 0 Å². The number of rotatable bonds is 7. The van der Waals surface area contributed by atoms with Crippen LogP contribution in [0, 0.1) is 13.8 Å². The van der Waals surface area contributed by atoms with E-state index in [1.807, 2.05) is 13.0 Å². The fourth-order valence-corrected chi connectivity index (χ4v) is 2.94. The molecule has 0 radical (unpaired) electrons. The molecule has 0 amide bonds. The zero-order valence-corrected chi connectivity index (χ0v) is 15.1. The van der Waals surface area contributed by atoms with Gasteiger partial charge >= 0.3 is 0 Å². The third-order valence-electron chi connectivity index (χ3n) is 4.55. The van der Waals surface area contributed by atoms with Gasteiger partial charge in [0.15, 0.2) is 5.43 Å². The Hall–Kier alpha value is -2.45. The second-order valence-corrected chi connectivity index (χ2v) is 6.47. The van der Waals surface area contributed by atoms with Crippen molar-refractivity contribution in [3.63, 3.8) is 0 Å². The summed E-state index contributed by atoms with van der Waals surface area (Å²) in [5.41, 5.74) is 3.20. The number of nitrogens with zero attached hydrogens (tertiary/aromatic N) is 2. The Morgan fingerprint density at radius 2 is 2.19 bits per heavy atom. The zero-order chi connectivity index (χ0) is 18.5. The lowest BCUT2D eigenvalue weighted by atomic mass is 10.0. The maximum Gasteiger partial charge on any atom is 0.224 e. The summed E-state index contributed by atoms with van der Waals surface area (Å²) in [5, 5.41) is 15.3. The van der Waals surface area contributed by atoms with Crippen LogP contribution < -0.4 is 16.1 Å². The van der Waals surface area contributed by atoms with Crippen LogP contribution in [0.3, 0.4) is 0 Å². The number of hydrogen-bond donors (Lipinski definition) is 4. The van der Waals surface area contributed by atoms with Crippen molar-refractivity contribution in [1.82, 2.24) is 15.0 Å². The van der Waals surface area contributed by atoms with E-state index in [4.69, 9.17) is 9.84 Å². The van der Waals surface area contributed by atoms with Crippen LogP contribution in [0.2, 0.25) is 0 Å². The Kier molecular flexibility index (Phi) is 5.85. The topological polar surface area (TPSA) is 112 Å². The molecule has 1 aliphatic rings. The largest absolute Gasteiger partial charge is 0.395 e. The predicted octanol–water partition coefficient (Wildman–Crippen LogP) is 1.30. The number of H-pyrrole nitrogens is 1. The summed E-state index contributed by atoms with van der Waals surface area (Å²) in [5.74, 6) is 1.39. The zero-order valence-electron chi connectivity index (χ0n) is 15.1. The molecular formula is C18H25N5O3. The molecule has 0 saturated carbocycles. The first-order valence-corrected chi connectivity index (χ1v) is 8.81. The summed E-state index contributed by atoms with van der Waals surface area (Å²) in [6.07, 6.45) is 2.65. The van der Waals surface area contributed by atoms with Crippen LogP contribution in [0.5, 0.6) is 0 Å². The SMILES string of the molecule is Cc1c[nH]c(CNc2cc([C@H]3CCOC3)nc(NCCO)n2)c(C)c1=O. The molecule has 2 aromatic rings. The van der Waals surface area contributed by atoms with Gasteiger partial charge in [-0.15, -0.1) is 0 Å². The minimum atomic E-state index is 0.00663. The minimum absolute atomic E-state index is 0.00663. The highest BCUT2D eigenvalue weighted by molar-refractivity contribution is 5.44. The van der Waals surface area contributed by atoms with Gasteiger partial charge in [0.2, 0.25) is 5.95 Å².